The SMILES string of the molecule is CC(CCO)n1cccn1. The van der Waals surface area contributed by atoms with Gasteiger partial charge in [0.15, 0.2) is 0 Å². The van der Waals surface area contributed by atoms with E-state index in [0.717, 1.165) is 6.42 Å². The predicted octanol–water partition coefficient (Wildman–Crippen LogP) is 0.827. The summed E-state index contributed by atoms with van der Waals surface area (Å²) in [6.07, 6.45) is 4.41. The molecule has 56 valence electrons. The summed E-state index contributed by atoms with van der Waals surface area (Å²) >= 11 is 0. The van der Waals surface area contributed by atoms with Crippen LogP contribution in [0.2, 0.25) is 0 Å². The molecule has 10 heavy (non-hydrogen) atoms. The standard InChI is InChI=1S/C7H12N2O/c1-7(3-6-10)9-5-2-4-8-9/h2,4-5,7,10H,3,6H2,1H3. The minimum atomic E-state index is 0.223. The molecule has 0 radical (unpaired) electrons. The Morgan fingerprint density at radius 2 is 2.50 bits per heavy atom. The van der Waals surface area contributed by atoms with Crippen LogP contribution >= 0.6 is 0 Å². The normalized spacial score (nSPS) is 13.4. The van der Waals surface area contributed by atoms with Crippen LogP contribution in [0.3, 0.4) is 0 Å². The van der Waals surface area contributed by atoms with Gasteiger partial charge < -0.3 is 5.11 Å². The molecule has 1 unspecified atom stereocenters. The van der Waals surface area contributed by atoms with Gasteiger partial charge in [0, 0.05) is 19.0 Å². The zero-order valence-electron chi connectivity index (χ0n) is 6.07. The highest BCUT2D eigenvalue weighted by Crippen LogP contribution is 2.06. The second kappa shape index (κ2) is 3.37. The average Bonchev–Trinajstić information content (AvgIpc) is 2.38. The van der Waals surface area contributed by atoms with Crippen LogP contribution in [0.5, 0.6) is 0 Å². The topological polar surface area (TPSA) is 38.0 Å². The Morgan fingerprint density at radius 1 is 1.70 bits per heavy atom. The Kier molecular flexibility index (Phi) is 2.45. The second-order valence-corrected chi connectivity index (χ2v) is 2.35. The zero-order valence-corrected chi connectivity index (χ0v) is 6.07. The van der Waals surface area contributed by atoms with Crippen molar-refractivity contribution in [3.05, 3.63) is 18.5 Å². The first-order valence-corrected chi connectivity index (χ1v) is 3.44. The summed E-state index contributed by atoms with van der Waals surface area (Å²) in [5.74, 6) is 0. The van der Waals surface area contributed by atoms with Crippen LogP contribution in [0.15, 0.2) is 18.5 Å². The molecule has 1 N–H and O–H groups in total. The second-order valence-electron chi connectivity index (χ2n) is 2.35. The molecule has 1 rings (SSSR count). The highest BCUT2D eigenvalue weighted by Gasteiger charge is 2.01. The van der Waals surface area contributed by atoms with Gasteiger partial charge in [-0.2, -0.15) is 5.10 Å². The molecule has 0 aliphatic heterocycles. The van der Waals surface area contributed by atoms with E-state index < -0.39 is 0 Å². The minimum absolute atomic E-state index is 0.223. The number of aliphatic hydroxyl groups is 1. The Balaban J connectivity index is 2.50. The lowest BCUT2D eigenvalue weighted by Gasteiger charge is -2.08. The van der Waals surface area contributed by atoms with Crippen molar-refractivity contribution in [2.75, 3.05) is 6.61 Å². The van der Waals surface area contributed by atoms with Gasteiger partial charge in [0.1, 0.15) is 0 Å². The molecule has 3 heteroatoms. The predicted molar refractivity (Wildman–Crippen MR) is 38.6 cm³/mol. The van der Waals surface area contributed by atoms with Crippen molar-refractivity contribution in [2.45, 2.75) is 19.4 Å². The Bertz CT molecular complexity index is 172. The number of aliphatic hydroxyl groups excluding tert-OH is 1. The van der Waals surface area contributed by atoms with Crippen LogP contribution in [0.1, 0.15) is 19.4 Å². The lowest BCUT2D eigenvalue weighted by Crippen LogP contribution is -2.06. The molecule has 0 bridgehead atoms. The van der Waals surface area contributed by atoms with Crippen molar-refractivity contribution < 1.29 is 5.11 Å². The molecule has 1 heterocycles. The van der Waals surface area contributed by atoms with Crippen LogP contribution in [0.4, 0.5) is 0 Å². The van der Waals surface area contributed by atoms with Crippen molar-refractivity contribution in [1.82, 2.24) is 9.78 Å². The van der Waals surface area contributed by atoms with E-state index in [1.54, 1.807) is 6.20 Å². The van der Waals surface area contributed by atoms with Crippen LogP contribution in [-0.4, -0.2) is 21.5 Å². The van der Waals surface area contributed by atoms with E-state index in [-0.39, 0.29) is 6.61 Å². The zero-order chi connectivity index (χ0) is 7.40. The third kappa shape index (κ3) is 1.57. The van der Waals surface area contributed by atoms with Gasteiger partial charge >= 0.3 is 0 Å². The smallest absolute Gasteiger partial charge is 0.0512 e. The largest absolute Gasteiger partial charge is 0.396 e. The maximum absolute atomic E-state index is 8.59. The van der Waals surface area contributed by atoms with E-state index in [4.69, 9.17) is 5.11 Å². The third-order valence-electron chi connectivity index (χ3n) is 1.52. The first-order chi connectivity index (χ1) is 4.84. The van der Waals surface area contributed by atoms with Gasteiger partial charge in [-0.3, -0.25) is 4.68 Å². The molecule has 0 aliphatic carbocycles. The molecule has 0 saturated carbocycles. The molecular weight excluding hydrogens is 128 g/mol. The molecule has 0 spiro atoms. The van der Waals surface area contributed by atoms with Crippen LogP contribution in [0, 0.1) is 0 Å². The molecular formula is C7H12N2O. The van der Waals surface area contributed by atoms with E-state index in [0.29, 0.717) is 6.04 Å². The van der Waals surface area contributed by atoms with Crippen molar-refractivity contribution in [1.29, 1.82) is 0 Å². The van der Waals surface area contributed by atoms with Crippen LogP contribution in [0.25, 0.3) is 0 Å². The van der Waals surface area contributed by atoms with Crippen molar-refractivity contribution in [3.63, 3.8) is 0 Å². The molecule has 0 aliphatic rings. The summed E-state index contributed by atoms with van der Waals surface area (Å²) < 4.78 is 1.84. The molecule has 0 amide bonds. The monoisotopic (exact) mass is 140 g/mol. The van der Waals surface area contributed by atoms with Crippen LogP contribution < -0.4 is 0 Å². The molecule has 0 aromatic carbocycles. The fraction of sp³-hybridized carbons (Fsp3) is 0.571. The number of aromatic nitrogens is 2. The fourth-order valence-corrected chi connectivity index (χ4v) is 0.860. The molecule has 1 aromatic heterocycles. The first-order valence-electron chi connectivity index (χ1n) is 3.44. The summed E-state index contributed by atoms with van der Waals surface area (Å²) in [5, 5.41) is 12.6. The van der Waals surface area contributed by atoms with Gasteiger partial charge in [0.25, 0.3) is 0 Å². The van der Waals surface area contributed by atoms with E-state index in [1.165, 1.54) is 0 Å². The number of hydrogen-bond acceptors (Lipinski definition) is 2. The summed E-state index contributed by atoms with van der Waals surface area (Å²) in [6.45, 7) is 2.25. The summed E-state index contributed by atoms with van der Waals surface area (Å²) in [7, 11) is 0. The lowest BCUT2D eigenvalue weighted by atomic mass is 10.2. The quantitative estimate of drug-likeness (QED) is 0.675. The van der Waals surface area contributed by atoms with E-state index >= 15 is 0 Å². The Hall–Kier alpha value is -0.830. The minimum Gasteiger partial charge on any atom is -0.396 e. The van der Waals surface area contributed by atoms with Gasteiger partial charge in [0.05, 0.1) is 6.04 Å². The van der Waals surface area contributed by atoms with Crippen molar-refractivity contribution in [3.8, 4) is 0 Å². The number of hydrogen-bond donors (Lipinski definition) is 1. The molecule has 0 saturated heterocycles. The van der Waals surface area contributed by atoms with Gasteiger partial charge in [-0.15, -0.1) is 0 Å². The highest BCUT2D eigenvalue weighted by atomic mass is 16.3. The average molecular weight is 140 g/mol. The maximum Gasteiger partial charge on any atom is 0.0512 e. The van der Waals surface area contributed by atoms with Gasteiger partial charge in [0.2, 0.25) is 0 Å². The molecule has 3 nitrogen and oxygen atoms in total. The lowest BCUT2D eigenvalue weighted by molar-refractivity contribution is 0.257. The van der Waals surface area contributed by atoms with Gasteiger partial charge in [-0.1, -0.05) is 0 Å². The summed E-state index contributed by atoms with van der Waals surface area (Å²) in [4.78, 5) is 0. The summed E-state index contributed by atoms with van der Waals surface area (Å²) in [5.41, 5.74) is 0. The fourth-order valence-electron chi connectivity index (χ4n) is 0.860. The third-order valence-corrected chi connectivity index (χ3v) is 1.52. The van der Waals surface area contributed by atoms with Gasteiger partial charge in [-0.05, 0) is 19.4 Å². The molecule has 1 atom stereocenters. The molecule has 0 fully saturated rings. The summed E-state index contributed by atoms with van der Waals surface area (Å²) in [6, 6.07) is 2.19. The van der Waals surface area contributed by atoms with Crippen molar-refractivity contribution in [2.24, 2.45) is 0 Å². The van der Waals surface area contributed by atoms with E-state index in [9.17, 15) is 0 Å². The van der Waals surface area contributed by atoms with Crippen LogP contribution in [-0.2, 0) is 0 Å². The first kappa shape index (κ1) is 7.28. The Morgan fingerprint density at radius 3 is 3.00 bits per heavy atom. The molecule has 1 aromatic rings. The van der Waals surface area contributed by atoms with Crippen molar-refractivity contribution >= 4 is 0 Å². The number of rotatable bonds is 3. The maximum atomic E-state index is 8.59. The van der Waals surface area contributed by atoms with E-state index in [2.05, 4.69) is 5.10 Å². The highest BCUT2D eigenvalue weighted by molar-refractivity contribution is 4.80. The Labute approximate surface area is 60.3 Å². The number of nitrogens with zero attached hydrogens (tertiary/aromatic N) is 2. The van der Waals surface area contributed by atoms with E-state index in [1.807, 2.05) is 23.9 Å². The van der Waals surface area contributed by atoms with Gasteiger partial charge in [-0.25, -0.2) is 0 Å².